The van der Waals surface area contributed by atoms with Gasteiger partial charge in [0.15, 0.2) is 0 Å². The smallest absolute Gasteiger partial charge is 0.229 e. The third-order valence-corrected chi connectivity index (χ3v) is 4.49. The standard InChI is InChI=1S/C19H25N3O3S/c1-14-7-4-5-10-18(14)20-12-11-19(23)21-15(2)16-8-6-9-17(13-16)22-26(3,24)25/h4-10,13,15,20,22H,11-12H2,1-3H3,(H,21,23). The maximum atomic E-state index is 12.2. The number of carbonyl (C=O) groups is 1. The summed E-state index contributed by atoms with van der Waals surface area (Å²) in [5.74, 6) is -0.0694. The van der Waals surface area contributed by atoms with E-state index in [0.717, 1.165) is 23.1 Å². The summed E-state index contributed by atoms with van der Waals surface area (Å²) < 4.78 is 25.1. The molecule has 1 unspecified atom stereocenters. The number of sulfonamides is 1. The first-order valence-corrected chi connectivity index (χ1v) is 10.3. The van der Waals surface area contributed by atoms with Crippen LogP contribution < -0.4 is 15.4 Å². The first-order valence-electron chi connectivity index (χ1n) is 8.41. The minimum Gasteiger partial charge on any atom is -0.384 e. The normalized spacial score (nSPS) is 12.3. The average Bonchev–Trinajstić information content (AvgIpc) is 2.55. The molecule has 0 saturated heterocycles. The first kappa shape index (κ1) is 19.8. The van der Waals surface area contributed by atoms with Crippen LogP contribution in [0.5, 0.6) is 0 Å². The largest absolute Gasteiger partial charge is 0.384 e. The van der Waals surface area contributed by atoms with Crippen LogP contribution in [0.1, 0.15) is 30.5 Å². The van der Waals surface area contributed by atoms with Crippen molar-refractivity contribution in [3.8, 4) is 0 Å². The van der Waals surface area contributed by atoms with Crippen molar-refractivity contribution in [2.45, 2.75) is 26.3 Å². The van der Waals surface area contributed by atoms with Gasteiger partial charge in [0.2, 0.25) is 15.9 Å². The Hall–Kier alpha value is -2.54. The van der Waals surface area contributed by atoms with Crippen LogP contribution in [0.25, 0.3) is 0 Å². The summed E-state index contributed by atoms with van der Waals surface area (Å²) in [6, 6.07) is 14.7. The van der Waals surface area contributed by atoms with Crippen LogP contribution in [-0.2, 0) is 14.8 Å². The van der Waals surface area contributed by atoms with Gasteiger partial charge in [0.05, 0.1) is 12.3 Å². The molecule has 140 valence electrons. The molecule has 0 aromatic heterocycles. The molecular formula is C19H25N3O3S. The van der Waals surface area contributed by atoms with Gasteiger partial charge in [0.25, 0.3) is 0 Å². The molecular weight excluding hydrogens is 350 g/mol. The van der Waals surface area contributed by atoms with E-state index in [4.69, 9.17) is 0 Å². The molecule has 2 aromatic rings. The van der Waals surface area contributed by atoms with E-state index in [2.05, 4.69) is 15.4 Å². The SMILES string of the molecule is Cc1ccccc1NCCC(=O)NC(C)c1cccc(NS(C)(=O)=O)c1. The molecule has 1 atom stereocenters. The minimum atomic E-state index is -3.33. The topological polar surface area (TPSA) is 87.3 Å². The van der Waals surface area contributed by atoms with Gasteiger partial charge in [-0.1, -0.05) is 30.3 Å². The molecule has 0 spiro atoms. The lowest BCUT2D eigenvalue weighted by atomic mass is 10.1. The molecule has 0 fully saturated rings. The molecule has 6 nitrogen and oxygen atoms in total. The highest BCUT2D eigenvalue weighted by Crippen LogP contribution is 2.18. The Labute approximate surface area is 155 Å². The van der Waals surface area contributed by atoms with Crippen molar-refractivity contribution in [1.82, 2.24) is 5.32 Å². The molecule has 26 heavy (non-hydrogen) atoms. The Balaban J connectivity index is 1.87. The van der Waals surface area contributed by atoms with E-state index in [0.29, 0.717) is 18.7 Å². The zero-order chi connectivity index (χ0) is 19.2. The summed E-state index contributed by atoms with van der Waals surface area (Å²) in [6.45, 7) is 4.42. The number of hydrogen-bond acceptors (Lipinski definition) is 4. The van der Waals surface area contributed by atoms with E-state index < -0.39 is 10.0 Å². The molecule has 2 aromatic carbocycles. The number of amides is 1. The van der Waals surface area contributed by atoms with Gasteiger partial charge in [-0.05, 0) is 43.2 Å². The molecule has 2 rings (SSSR count). The van der Waals surface area contributed by atoms with E-state index in [1.54, 1.807) is 18.2 Å². The Bertz CT molecular complexity index is 866. The molecule has 0 aliphatic carbocycles. The highest BCUT2D eigenvalue weighted by atomic mass is 32.2. The molecule has 0 saturated carbocycles. The third kappa shape index (κ3) is 6.40. The zero-order valence-electron chi connectivity index (χ0n) is 15.2. The van der Waals surface area contributed by atoms with Crippen LogP contribution in [0.3, 0.4) is 0 Å². The van der Waals surface area contributed by atoms with E-state index in [1.165, 1.54) is 0 Å². The molecule has 0 aliphatic rings. The van der Waals surface area contributed by atoms with Gasteiger partial charge in [0.1, 0.15) is 0 Å². The van der Waals surface area contributed by atoms with Crippen LogP contribution in [0.4, 0.5) is 11.4 Å². The zero-order valence-corrected chi connectivity index (χ0v) is 16.1. The molecule has 3 N–H and O–H groups in total. The first-order chi connectivity index (χ1) is 12.2. The summed E-state index contributed by atoms with van der Waals surface area (Å²) in [5, 5.41) is 6.19. The Kier molecular flexibility index (Phi) is 6.63. The van der Waals surface area contributed by atoms with Crippen molar-refractivity contribution >= 4 is 27.3 Å². The summed E-state index contributed by atoms with van der Waals surface area (Å²) >= 11 is 0. The van der Waals surface area contributed by atoms with Gasteiger partial charge >= 0.3 is 0 Å². The van der Waals surface area contributed by atoms with Crippen molar-refractivity contribution in [2.75, 3.05) is 22.8 Å². The minimum absolute atomic E-state index is 0.0694. The van der Waals surface area contributed by atoms with Crippen molar-refractivity contribution < 1.29 is 13.2 Å². The number of nitrogens with one attached hydrogen (secondary N) is 3. The summed E-state index contributed by atoms with van der Waals surface area (Å²) in [4.78, 5) is 12.2. The molecule has 0 heterocycles. The number of rotatable bonds is 8. The van der Waals surface area contributed by atoms with Gasteiger partial charge in [0, 0.05) is 24.3 Å². The average molecular weight is 375 g/mol. The molecule has 7 heteroatoms. The lowest BCUT2D eigenvalue weighted by molar-refractivity contribution is -0.121. The second-order valence-corrected chi connectivity index (χ2v) is 8.03. The lowest BCUT2D eigenvalue weighted by Crippen LogP contribution is -2.28. The van der Waals surface area contributed by atoms with Gasteiger partial charge in [-0.25, -0.2) is 8.42 Å². The Morgan fingerprint density at radius 3 is 2.54 bits per heavy atom. The van der Waals surface area contributed by atoms with E-state index in [9.17, 15) is 13.2 Å². The highest BCUT2D eigenvalue weighted by molar-refractivity contribution is 7.92. The van der Waals surface area contributed by atoms with Crippen LogP contribution in [0.2, 0.25) is 0 Å². The van der Waals surface area contributed by atoms with Crippen molar-refractivity contribution in [2.24, 2.45) is 0 Å². The van der Waals surface area contributed by atoms with E-state index in [-0.39, 0.29) is 11.9 Å². The highest BCUT2D eigenvalue weighted by Gasteiger charge is 2.11. The van der Waals surface area contributed by atoms with Crippen molar-refractivity contribution in [1.29, 1.82) is 0 Å². The molecule has 0 bridgehead atoms. The quantitative estimate of drug-likeness (QED) is 0.662. The summed E-state index contributed by atoms with van der Waals surface area (Å²) in [6.07, 6.45) is 1.45. The van der Waals surface area contributed by atoms with Gasteiger partial charge in [-0.2, -0.15) is 0 Å². The predicted octanol–water partition coefficient (Wildman–Crippen LogP) is 3.05. The van der Waals surface area contributed by atoms with Crippen LogP contribution in [0, 0.1) is 6.92 Å². The number of anilines is 2. The van der Waals surface area contributed by atoms with E-state index in [1.807, 2.05) is 44.2 Å². The van der Waals surface area contributed by atoms with Crippen molar-refractivity contribution in [3.63, 3.8) is 0 Å². The van der Waals surface area contributed by atoms with Crippen LogP contribution in [-0.4, -0.2) is 27.1 Å². The fraction of sp³-hybridized carbons (Fsp3) is 0.316. The van der Waals surface area contributed by atoms with E-state index >= 15 is 0 Å². The fourth-order valence-electron chi connectivity index (χ4n) is 2.56. The number of aryl methyl sites for hydroxylation is 1. The maximum absolute atomic E-state index is 12.2. The lowest BCUT2D eigenvalue weighted by Gasteiger charge is -2.16. The van der Waals surface area contributed by atoms with Gasteiger partial charge < -0.3 is 10.6 Å². The third-order valence-electron chi connectivity index (χ3n) is 3.88. The Morgan fingerprint density at radius 1 is 1.12 bits per heavy atom. The molecule has 0 aliphatic heterocycles. The summed E-state index contributed by atoms with van der Waals surface area (Å²) in [5.41, 5.74) is 3.47. The Morgan fingerprint density at radius 2 is 1.85 bits per heavy atom. The monoisotopic (exact) mass is 375 g/mol. The maximum Gasteiger partial charge on any atom is 0.229 e. The van der Waals surface area contributed by atoms with Crippen LogP contribution >= 0.6 is 0 Å². The number of carbonyl (C=O) groups excluding carboxylic acids is 1. The summed E-state index contributed by atoms with van der Waals surface area (Å²) in [7, 11) is -3.33. The number of hydrogen-bond donors (Lipinski definition) is 3. The number of benzene rings is 2. The molecule has 0 radical (unpaired) electrons. The second-order valence-electron chi connectivity index (χ2n) is 6.28. The van der Waals surface area contributed by atoms with Crippen LogP contribution in [0.15, 0.2) is 48.5 Å². The molecule has 1 amide bonds. The van der Waals surface area contributed by atoms with Gasteiger partial charge in [-0.15, -0.1) is 0 Å². The van der Waals surface area contributed by atoms with Crippen molar-refractivity contribution in [3.05, 3.63) is 59.7 Å². The van der Waals surface area contributed by atoms with Gasteiger partial charge in [-0.3, -0.25) is 9.52 Å². The number of para-hydroxylation sites is 1. The fourth-order valence-corrected chi connectivity index (χ4v) is 3.12. The second kappa shape index (κ2) is 8.71. The predicted molar refractivity (Wildman–Crippen MR) is 106 cm³/mol.